The van der Waals surface area contributed by atoms with Crippen LogP contribution in [-0.2, 0) is 5.41 Å². The van der Waals surface area contributed by atoms with Crippen molar-refractivity contribution < 1.29 is 13.3 Å². The van der Waals surface area contributed by atoms with Crippen molar-refractivity contribution in [3.63, 3.8) is 0 Å². The number of aromatic nitrogens is 1. The highest BCUT2D eigenvalue weighted by Crippen LogP contribution is 2.52. The molecule has 0 aliphatic heterocycles. The van der Waals surface area contributed by atoms with Crippen LogP contribution >= 0.6 is 0 Å². The maximum absolute atomic E-state index is 7.27. The third-order valence-corrected chi connectivity index (χ3v) is 19.5. The van der Waals surface area contributed by atoms with Crippen LogP contribution in [-0.4, -0.2) is 4.40 Å². The van der Waals surface area contributed by atoms with Crippen molar-refractivity contribution in [3.05, 3.63) is 272 Å². The molecule has 422 valence electrons. The van der Waals surface area contributed by atoms with Crippen LogP contribution in [0.2, 0.25) is 0 Å². The molecule has 0 bridgehead atoms. The van der Waals surface area contributed by atoms with E-state index in [9.17, 15) is 0 Å². The van der Waals surface area contributed by atoms with Crippen LogP contribution in [0.3, 0.4) is 0 Å². The number of anilines is 6. The van der Waals surface area contributed by atoms with Crippen LogP contribution in [0, 0.1) is 0 Å². The molecule has 0 saturated heterocycles. The summed E-state index contributed by atoms with van der Waals surface area (Å²) in [5.41, 5.74) is 16.2. The van der Waals surface area contributed by atoms with E-state index in [2.05, 4.69) is 302 Å². The molecule has 20 rings (SSSR count). The van der Waals surface area contributed by atoms with Gasteiger partial charge in [-0.3, -0.25) is 0 Å². The SMILES string of the molecule is CC(C)(C)c1ccc2c(c1)c1c(N(c3ccc4ccccc4c3)c3ccc4oc5cc6ccccc6cc5c4c3)ccc3c4ccc5c(ccc6c7ccc(N(c8ccc9ccccc9c8)c8ccc9oc%10cc%11ccccc%11cc%10c9c8)cc7oc65)c4n2c31. The van der Waals surface area contributed by atoms with Gasteiger partial charge in [-0.25, -0.2) is 0 Å². The Morgan fingerprint density at radius 3 is 1.30 bits per heavy atom. The largest absolute Gasteiger partial charge is 0.456 e. The minimum absolute atomic E-state index is 0.0953. The third kappa shape index (κ3) is 7.10. The molecule has 6 nitrogen and oxygen atoms in total. The number of hydrogen-bond acceptors (Lipinski definition) is 5. The van der Waals surface area contributed by atoms with Gasteiger partial charge in [0.15, 0.2) is 0 Å². The third-order valence-electron chi connectivity index (χ3n) is 19.5. The number of benzene rings is 15. The smallest absolute Gasteiger partial charge is 0.143 e. The van der Waals surface area contributed by atoms with E-state index in [0.29, 0.717) is 0 Å². The fourth-order valence-corrected chi connectivity index (χ4v) is 15.1. The highest BCUT2D eigenvalue weighted by atomic mass is 16.3. The normalized spacial score (nSPS) is 12.6. The zero-order valence-electron chi connectivity index (χ0n) is 49.5. The Morgan fingerprint density at radius 2 is 0.700 bits per heavy atom. The zero-order chi connectivity index (χ0) is 59.3. The molecule has 0 spiro atoms. The molecule has 90 heavy (non-hydrogen) atoms. The quantitative estimate of drug-likeness (QED) is 0.166. The predicted octanol–water partition coefficient (Wildman–Crippen LogP) is 24.5. The van der Waals surface area contributed by atoms with E-state index in [0.717, 1.165) is 127 Å². The minimum Gasteiger partial charge on any atom is -0.456 e. The van der Waals surface area contributed by atoms with Gasteiger partial charge in [-0.2, -0.15) is 0 Å². The van der Waals surface area contributed by atoms with Gasteiger partial charge in [0, 0.05) is 99.1 Å². The molecule has 6 heteroatoms. The number of rotatable bonds is 6. The lowest BCUT2D eigenvalue weighted by Crippen LogP contribution is -2.11. The van der Waals surface area contributed by atoms with Crippen LogP contribution in [0.1, 0.15) is 26.3 Å². The van der Waals surface area contributed by atoms with Crippen molar-refractivity contribution in [1.29, 1.82) is 0 Å². The van der Waals surface area contributed by atoms with Crippen LogP contribution in [0.15, 0.2) is 280 Å². The first kappa shape index (κ1) is 49.5. The Kier molecular flexibility index (Phi) is 9.91. The first-order valence-corrected chi connectivity index (χ1v) is 31.0. The van der Waals surface area contributed by atoms with Gasteiger partial charge in [0.1, 0.15) is 33.5 Å². The van der Waals surface area contributed by atoms with Crippen molar-refractivity contribution in [2.75, 3.05) is 9.80 Å². The fraction of sp³-hybridized carbons (Fsp3) is 0.0476. The molecule has 0 saturated carbocycles. The van der Waals surface area contributed by atoms with Gasteiger partial charge in [0.05, 0.1) is 22.2 Å². The molecule has 0 aliphatic carbocycles. The maximum atomic E-state index is 7.27. The molecule has 5 aromatic heterocycles. The summed E-state index contributed by atoms with van der Waals surface area (Å²) in [6.07, 6.45) is 0. The van der Waals surface area contributed by atoms with E-state index >= 15 is 0 Å². The van der Waals surface area contributed by atoms with Gasteiger partial charge < -0.3 is 27.5 Å². The standard InChI is InChI=1S/C84H53N3O3/c1-84(2,3)56-22-34-73-72(44-56)80-74(86(58-24-21-49-13-5-7-15-51(49)39-58)60-27-37-76-71(46-60)69-41-53-17-9-11-19-55(53)43-78(69)89-76)35-33-64-63-29-32-67-65(81(63)87(73)82(64)80)30-31-66-62-28-25-61(47-79(62)90-83(66)67)85(57-23-20-48-12-4-6-14-50(48)38-57)59-26-36-75-70(45-59)68-40-52-16-8-10-18-54(52)42-77(68)88-75/h4-47H,1-3H3. The van der Waals surface area contributed by atoms with Gasteiger partial charge in [0.25, 0.3) is 0 Å². The summed E-state index contributed by atoms with van der Waals surface area (Å²) in [6.45, 7) is 6.94. The van der Waals surface area contributed by atoms with Gasteiger partial charge in [-0.1, -0.05) is 154 Å². The molecule has 20 aromatic rings. The molecule has 0 aliphatic rings. The molecular weight excluding hydrogens is 1100 g/mol. The van der Waals surface area contributed by atoms with E-state index in [1.54, 1.807) is 0 Å². The Labute approximate surface area is 515 Å². The fourth-order valence-electron chi connectivity index (χ4n) is 15.1. The van der Waals surface area contributed by atoms with Crippen molar-refractivity contribution in [3.8, 4) is 0 Å². The Morgan fingerprint density at radius 1 is 0.278 bits per heavy atom. The molecule has 0 fully saturated rings. The van der Waals surface area contributed by atoms with Crippen LogP contribution < -0.4 is 9.80 Å². The highest BCUT2D eigenvalue weighted by molar-refractivity contribution is 6.32. The van der Waals surface area contributed by atoms with Gasteiger partial charge in [0.2, 0.25) is 0 Å². The lowest BCUT2D eigenvalue weighted by atomic mass is 9.86. The van der Waals surface area contributed by atoms with Crippen molar-refractivity contribution in [2.45, 2.75) is 26.2 Å². The molecule has 0 unspecified atom stereocenters. The van der Waals surface area contributed by atoms with E-state index < -0.39 is 0 Å². The van der Waals surface area contributed by atoms with Gasteiger partial charge in [-0.15, -0.1) is 0 Å². The summed E-state index contributed by atoms with van der Waals surface area (Å²) >= 11 is 0. The lowest BCUT2D eigenvalue weighted by Gasteiger charge is -2.27. The summed E-state index contributed by atoms with van der Waals surface area (Å²) in [6, 6.07) is 97.8. The summed E-state index contributed by atoms with van der Waals surface area (Å²) in [5.74, 6) is 0. The second-order valence-corrected chi connectivity index (χ2v) is 25.6. The summed E-state index contributed by atoms with van der Waals surface area (Å²) in [4.78, 5) is 4.83. The van der Waals surface area contributed by atoms with Crippen LogP contribution in [0.5, 0.6) is 0 Å². The van der Waals surface area contributed by atoms with Gasteiger partial charge in [-0.05, 0) is 181 Å². The first-order chi connectivity index (χ1) is 44.2. The lowest BCUT2D eigenvalue weighted by molar-refractivity contribution is 0.591. The van der Waals surface area contributed by atoms with Crippen molar-refractivity contribution in [2.24, 2.45) is 0 Å². The second-order valence-electron chi connectivity index (χ2n) is 25.6. The molecule has 0 amide bonds. The van der Waals surface area contributed by atoms with E-state index in [1.165, 1.54) is 70.5 Å². The van der Waals surface area contributed by atoms with E-state index in [1.807, 2.05) is 0 Å². The molecule has 5 heterocycles. The highest BCUT2D eigenvalue weighted by Gasteiger charge is 2.28. The van der Waals surface area contributed by atoms with E-state index in [-0.39, 0.29) is 5.41 Å². The number of furan rings is 3. The van der Waals surface area contributed by atoms with Crippen molar-refractivity contribution >= 4 is 192 Å². The van der Waals surface area contributed by atoms with Gasteiger partial charge >= 0.3 is 0 Å². The van der Waals surface area contributed by atoms with Crippen LogP contribution in [0.4, 0.5) is 34.1 Å². The zero-order valence-corrected chi connectivity index (χ0v) is 49.5. The summed E-state index contributed by atoms with van der Waals surface area (Å²) < 4.78 is 23.0. The second kappa shape index (κ2) is 18.0. The number of fused-ring (bicyclic) bond motifs is 22. The molecular formula is C84H53N3O3. The first-order valence-electron chi connectivity index (χ1n) is 31.0. The average Bonchev–Trinajstić information content (AvgIpc) is 1.71. The Bertz CT molecular complexity index is 6490. The van der Waals surface area contributed by atoms with Crippen LogP contribution in [0.25, 0.3) is 158 Å². The van der Waals surface area contributed by atoms with E-state index in [4.69, 9.17) is 13.3 Å². The predicted molar refractivity (Wildman–Crippen MR) is 379 cm³/mol. The summed E-state index contributed by atoms with van der Waals surface area (Å²) in [5, 5.41) is 23.0. The monoisotopic (exact) mass is 1150 g/mol. The Hall–Kier alpha value is -11.6. The maximum Gasteiger partial charge on any atom is 0.143 e. The topological polar surface area (TPSA) is 50.3 Å². The molecule has 15 aromatic carbocycles. The van der Waals surface area contributed by atoms with Crippen molar-refractivity contribution in [1.82, 2.24) is 4.40 Å². The Balaban J connectivity index is 0.798. The molecule has 0 N–H and O–H groups in total. The minimum atomic E-state index is -0.0953. The summed E-state index contributed by atoms with van der Waals surface area (Å²) in [7, 11) is 0. The number of hydrogen-bond donors (Lipinski definition) is 0. The average molecular weight is 1150 g/mol. The number of nitrogens with zero attached hydrogens (tertiary/aromatic N) is 3. The molecule has 0 radical (unpaired) electrons. The molecule has 0 atom stereocenters.